The molecule has 0 bridgehead atoms. The highest BCUT2D eigenvalue weighted by Crippen LogP contribution is 2.29. The van der Waals surface area contributed by atoms with Crippen molar-refractivity contribution in [2.24, 2.45) is 0 Å². The van der Waals surface area contributed by atoms with Gasteiger partial charge in [0.2, 0.25) is 5.89 Å². The van der Waals surface area contributed by atoms with Crippen molar-refractivity contribution in [3.63, 3.8) is 0 Å². The number of para-hydroxylation sites is 1. The van der Waals surface area contributed by atoms with Crippen molar-refractivity contribution in [2.45, 2.75) is 13.5 Å². The molecule has 2 N–H and O–H groups in total. The van der Waals surface area contributed by atoms with E-state index in [1.165, 1.54) is 0 Å². The predicted molar refractivity (Wildman–Crippen MR) is 61.1 cm³/mol. The van der Waals surface area contributed by atoms with Gasteiger partial charge < -0.3 is 14.8 Å². The Bertz CT molecular complexity index is 492. The molecule has 4 nitrogen and oxygen atoms in total. The van der Waals surface area contributed by atoms with Gasteiger partial charge in [-0.2, -0.15) is 0 Å². The van der Waals surface area contributed by atoms with E-state index in [4.69, 9.17) is 4.42 Å². The number of benzene rings is 1. The molecular formula is C12H14N2O2. The maximum absolute atomic E-state index is 9.68. The van der Waals surface area contributed by atoms with Crippen LogP contribution in [0, 0.1) is 6.92 Å². The molecule has 0 fully saturated rings. The van der Waals surface area contributed by atoms with Gasteiger partial charge in [0.25, 0.3) is 0 Å². The van der Waals surface area contributed by atoms with E-state index in [2.05, 4.69) is 10.3 Å². The second-order valence-electron chi connectivity index (χ2n) is 3.58. The summed E-state index contributed by atoms with van der Waals surface area (Å²) >= 11 is 0. The number of rotatable bonds is 3. The summed E-state index contributed by atoms with van der Waals surface area (Å²) in [5.41, 5.74) is 1.46. The molecule has 0 aliphatic heterocycles. The van der Waals surface area contributed by atoms with Crippen LogP contribution in [0.25, 0.3) is 11.5 Å². The molecule has 2 rings (SSSR count). The van der Waals surface area contributed by atoms with Crippen LogP contribution < -0.4 is 5.32 Å². The molecule has 16 heavy (non-hydrogen) atoms. The minimum absolute atomic E-state index is 0.180. The molecule has 0 radical (unpaired) electrons. The Balaban J connectivity index is 2.42. The Labute approximate surface area is 93.9 Å². The highest BCUT2D eigenvalue weighted by atomic mass is 16.4. The normalized spacial score (nSPS) is 10.6. The molecule has 1 aromatic carbocycles. The minimum atomic E-state index is 0.180. The summed E-state index contributed by atoms with van der Waals surface area (Å²) in [6, 6.07) is 7.01. The number of nitrogens with zero attached hydrogens (tertiary/aromatic N) is 1. The average Bonchev–Trinajstić information content (AvgIpc) is 2.61. The van der Waals surface area contributed by atoms with Crippen LogP contribution in [-0.2, 0) is 6.54 Å². The van der Waals surface area contributed by atoms with Crippen molar-refractivity contribution in [2.75, 3.05) is 7.05 Å². The number of aryl methyl sites for hydroxylation is 1. The van der Waals surface area contributed by atoms with Gasteiger partial charge in [-0.3, -0.25) is 0 Å². The van der Waals surface area contributed by atoms with Crippen molar-refractivity contribution in [3.8, 4) is 17.2 Å². The first kappa shape index (κ1) is 10.7. The van der Waals surface area contributed by atoms with Crippen LogP contribution in [0.15, 0.2) is 28.7 Å². The van der Waals surface area contributed by atoms with Gasteiger partial charge in [0.15, 0.2) is 0 Å². The van der Waals surface area contributed by atoms with Crippen LogP contribution in [-0.4, -0.2) is 17.1 Å². The van der Waals surface area contributed by atoms with Gasteiger partial charge in [0.1, 0.15) is 11.5 Å². The molecule has 4 heteroatoms. The molecule has 0 aliphatic rings. The summed E-state index contributed by atoms with van der Waals surface area (Å²) in [4.78, 5) is 4.29. The number of phenols is 1. The van der Waals surface area contributed by atoms with Crippen LogP contribution in [0.2, 0.25) is 0 Å². The summed E-state index contributed by atoms with van der Waals surface area (Å²) in [5.74, 6) is 1.43. The minimum Gasteiger partial charge on any atom is -0.507 e. The summed E-state index contributed by atoms with van der Waals surface area (Å²) < 4.78 is 5.59. The van der Waals surface area contributed by atoms with Gasteiger partial charge in [-0.15, -0.1) is 0 Å². The van der Waals surface area contributed by atoms with E-state index < -0.39 is 0 Å². The average molecular weight is 218 g/mol. The zero-order chi connectivity index (χ0) is 11.5. The second kappa shape index (κ2) is 4.37. The van der Waals surface area contributed by atoms with Crippen LogP contribution >= 0.6 is 0 Å². The first-order valence-electron chi connectivity index (χ1n) is 5.11. The Morgan fingerprint density at radius 3 is 2.81 bits per heavy atom. The van der Waals surface area contributed by atoms with Crippen molar-refractivity contribution in [1.82, 2.24) is 10.3 Å². The van der Waals surface area contributed by atoms with Gasteiger partial charge in [-0.05, 0) is 26.1 Å². The maximum atomic E-state index is 9.68. The lowest BCUT2D eigenvalue weighted by Crippen LogP contribution is -2.04. The fourth-order valence-electron chi connectivity index (χ4n) is 1.52. The molecule has 1 aromatic heterocycles. The summed E-state index contributed by atoms with van der Waals surface area (Å²) in [6.07, 6.45) is 0. The Kier molecular flexibility index (Phi) is 2.92. The molecule has 0 amide bonds. The third kappa shape index (κ3) is 1.92. The molecule has 0 saturated heterocycles. The maximum Gasteiger partial charge on any atom is 0.230 e. The standard InChI is InChI=1S/C12H14N2O2/c1-8-11(7-13-2)16-12(14-8)9-5-3-4-6-10(9)15/h3-6,13,15H,7H2,1-2H3. The highest BCUT2D eigenvalue weighted by Gasteiger charge is 2.13. The van der Waals surface area contributed by atoms with Crippen LogP contribution in [0.3, 0.4) is 0 Å². The van der Waals surface area contributed by atoms with E-state index in [0.717, 1.165) is 11.5 Å². The zero-order valence-corrected chi connectivity index (χ0v) is 9.32. The third-order valence-corrected chi connectivity index (χ3v) is 2.36. The van der Waals surface area contributed by atoms with Crippen molar-refractivity contribution >= 4 is 0 Å². The monoisotopic (exact) mass is 218 g/mol. The number of aromatic hydroxyl groups is 1. The van der Waals surface area contributed by atoms with E-state index in [1.54, 1.807) is 18.2 Å². The van der Waals surface area contributed by atoms with E-state index >= 15 is 0 Å². The molecule has 0 aliphatic carbocycles. The van der Waals surface area contributed by atoms with E-state index in [9.17, 15) is 5.11 Å². The van der Waals surface area contributed by atoms with Crippen LogP contribution in [0.5, 0.6) is 5.75 Å². The van der Waals surface area contributed by atoms with Crippen molar-refractivity contribution < 1.29 is 9.52 Å². The summed E-state index contributed by atoms with van der Waals surface area (Å²) in [6.45, 7) is 2.52. The molecule has 1 heterocycles. The molecule has 0 saturated carbocycles. The lowest BCUT2D eigenvalue weighted by Gasteiger charge is -1.98. The molecule has 0 spiro atoms. The molecule has 0 unspecified atom stereocenters. The smallest absolute Gasteiger partial charge is 0.230 e. The Hall–Kier alpha value is -1.81. The van der Waals surface area contributed by atoms with Gasteiger partial charge in [-0.25, -0.2) is 4.98 Å². The van der Waals surface area contributed by atoms with Gasteiger partial charge in [0, 0.05) is 0 Å². The lowest BCUT2D eigenvalue weighted by molar-refractivity contribution is 0.467. The zero-order valence-electron chi connectivity index (χ0n) is 9.32. The highest BCUT2D eigenvalue weighted by molar-refractivity contribution is 5.62. The Morgan fingerprint density at radius 2 is 2.12 bits per heavy atom. The fraction of sp³-hybridized carbons (Fsp3) is 0.250. The first-order valence-corrected chi connectivity index (χ1v) is 5.11. The topological polar surface area (TPSA) is 58.3 Å². The third-order valence-electron chi connectivity index (χ3n) is 2.36. The van der Waals surface area contributed by atoms with Gasteiger partial charge in [0.05, 0.1) is 17.8 Å². The first-order chi connectivity index (χ1) is 7.72. The lowest BCUT2D eigenvalue weighted by atomic mass is 10.2. The molecule has 84 valence electrons. The van der Waals surface area contributed by atoms with Crippen LogP contribution in [0.4, 0.5) is 0 Å². The number of oxazole rings is 1. The quantitative estimate of drug-likeness (QED) is 0.828. The fourth-order valence-corrected chi connectivity index (χ4v) is 1.52. The number of nitrogens with one attached hydrogen (secondary N) is 1. The number of aromatic nitrogens is 1. The number of hydrogen-bond acceptors (Lipinski definition) is 4. The number of phenolic OH excluding ortho intramolecular Hbond substituents is 1. The van der Waals surface area contributed by atoms with E-state index in [1.807, 2.05) is 20.0 Å². The van der Waals surface area contributed by atoms with Crippen molar-refractivity contribution in [1.29, 1.82) is 0 Å². The van der Waals surface area contributed by atoms with Gasteiger partial charge in [-0.1, -0.05) is 12.1 Å². The summed E-state index contributed by atoms with van der Waals surface area (Å²) in [7, 11) is 1.85. The van der Waals surface area contributed by atoms with Crippen molar-refractivity contribution in [3.05, 3.63) is 35.7 Å². The number of hydrogen-bond donors (Lipinski definition) is 2. The van der Waals surface area contributed by atoms with Crippen LogP contribution in [0.1, 0.15) is 11.5 Å². The van der Waals surface area contributed by atoms with E-state index in [-0.39, 0.29) is 5.75 Å². The second-order valence-corrected chi connectivity index (χ2v) is 3.58. The van der Waals surface area contributed by atoms with E-state index in [0.29, 0.717) is 18.0 Å². The largest absolute Gasteiger partial charge is 0.507 e. The predicted octanol–water partition coefficient (Wildman–Crippen LogP) is 2.08. The Morgan fingerprint density at radius 1 is 1.38 bits per heavy atom. The summed E-state index contributed by atoms with van der Waals surface area (Å²) in [5, 5.41) is 12.7. The SMILES string of the molecule is CNCc1oc(-c2ccccc2O)nc1C. The molecular weight excluding hydrogens is 204 g/mol. The molecule has 0 atom stereocenters. The molecule has 2 aromatic rings. The van der Waals surface area contributed by atoms with Gasteiger partial charge >= 0.3 is 0 Å².